The lowest BCUT2D eigenvalue weighted by Crippen LogP contribution is -2.61. The normalized spacial score (nSPS) is 16.1. The summed E-state index contributed by atoms with van der Waals surface area (Å²) in [4.78, 5) is 20.4. The molecule has 1 aliphatic heterocycles. The Bertz CT molecular complexity index is 853. The number of hydrogen-bond donors (Lipinski definition) is 2. The number of nitrogens with zero attached hydrogens (tertiary/aromatic N) is 3. The number of fused-ring (bicyclic) bond motifs is 1. The van der Waals surface area contributed by atoms with E-state index in [0.717, 1.165) is 54.4 Å². The molecule has 28 heavy (non-hydrogen) atoms. The number of carbonyl (C=O) groups excluding carboxylic acids is 1. The van der Waals surface area contributed by atoms with Crippen molar-refractivity contribution in [2.24, 2.45) is 10.7 Å². The molecule has 2 heterocycles. The molecule has 1 aliphatic rings. The van der Waals surface area contributed by atoms with Crippen molar-refractivity contribution in [3.63, 3.8) is 0 Å². The van der Waals surface area contributed by atoms with Gasteiger partial charge in [-0.05, 0) is 26.8 Å². The van der Waals surface area contributed by atoms with Crippen molar-refractivity contribution in [1.29, 1.82) is 0 Å². The Morgan fingerprint density at radius 3 is 2.46 bits per heavy atom. The molecule has 0 aliphatic carbocycles. The van der Waals surface area contributed by atoms with Crippen LogP contribution in [0.15, 0.2) is 33.7 Å². The van der Waals surface area contributed by atoms with Crippen molar-refractivity contribution in [3.05, 3.63) is 35.6 Å². The Hall–Kier alpha value is -1.81. The number of aryl methyl sites for hydroxylation is 1. The van der Waals surface area contributed by atoms with E-state index in [4.69, 9.17) is 10.2 Å². The smallest absolute Gasteiger partial charge is 0.237 e. The molecule has 0 radical (unpaired) electrons. The number of piperazine rings is 1. The zero-order valence-electron chi connectivity index (χ0n) is 17.0. The molecule has 1 aromatic carbocycles. The zero-order chi connectivity index (χ0) is 19.6. The van der Waals surface area contributed by atoms with E-state index in [0.29, 0.717) is 6.54 Å². The average Bonchev–Trinajstić information content (AvgIpc) is 2.99. The second-order valence-electron chi connectivity index (χ2n) is 7.44. The molecule has 1 saturated heterocycles. The summed E-state index contributed by atoms with van der Waals surface area (Å²) in [6.07, 6.45) is 0. The number of carbonyl (C=O) groups is 1. The molecule has 0 atom stereocenters. The van der Waals surface area contributed by atoms with Gasteiger partial charge in [0.2, 0.25) is 5.91 Å². The van der Waals surface area contributed by atoms with Crippen LogP contribution in [0.3, 0.4) is 0 Å². The summed E-state index contributed by atoms with van der Waals surface area (Å²) < 4.78 is 5.97. The van der Waals surface area contributed by atoms with Crippen molar-refractivity contribution in [3.8, 4) is 0 Å². The summed E-state index contributed by atoms with van der Waals surface area (Å²) in [5.41, 5.74) is 6.97. The number of hydrogen-bond acceptors (Lipinski definition) is 4. The van der Waals surface area contributed by atoms with Gasteiger partial charge in [-0.15, -0.1) is 24.0 Å². The maximum Gasteiger partial charge on any atom is 0.237 e. The van der Waals surface area contributed by atoms with Crippen LogP contribution in [0, 0.1) is 6.92 Å². The first-order valence-electron chi connectivity index (χ1n) is 9.32. The average molecular weight is 499 g/mol. The fourth-order valence-electron chi connectivity index (χ4n) is 3.52. The Morgan fingerprint density at radius 1 is 1.25 bits per heavy atom. The van der Waals surface area contributed by atoms with E-state index in [1.807, 2.05) is 32.0 Å². The highest BCUT2D eigenvalue weighted by Crippen LogP contribution is 2.24. The van der Waals surface area contributed by atoms with Gasteiger partial charge in [0.25, 0.3) is 0 Å². The van der Waals surface area contributed by atoms with E-state index >= 15 is 0 Å². The lowest BCUT2D eigenvalue weighted by molar-refractivity contribution is -0.129. The van der Waals surface area contributed by atoms with Gasteiger partial charge in [0, 0.05) is 44.2 Å². The highest BCUT2D eigenvalue weighted by atomic mass is 127. The molecule has 8 heteroatoms. The van der Waals surface area contributed by atoms with Gasteiger partial charge in [0.05, 0.1) is 12.1 Å². The molecular formula is C20H30IN5O2. The molecule has 0 unspecified atom stereocenters. The zero-order valence-corrected chi connectivity index (χ0v) is 19.3. The van der Waals surface area contributed by atoms with Crippen LogP contribution in [0.1, 0.15) is 25.2 Å². The Morgan fingerprint density at radius 2 is 1.89 bits per heavy atom. The first-order valence-corrected chi connectivity index (χ1v) is 9.32. The molecule has 2 aromatic rings. The predicted octanol–water partition coefficient (Wildman–Crippen LogP) is 2.32. The number of benzene rings is 1. The fourth-order valence-corrected chi connectivity index (χ4v) is 3.52. The minimum atomic E-state index is -0.631. The lowest BCUT2D eigenvalue weighted by atomic mass is 10.0. The van der Waals surface area contributed by atoms with Crippen LogP contribution in [-0.4, -0.2) is 60.4 Å². The first kappa shape index (κ1) is 22.5. The van der Waals surface area contributed by atoms with Gasteiger partial charge in [0.15, 0.2) is 5.96 Å². The summed E-state index contributed by atoms with van der Waals surface area (Å²) in [5, 5.41) is 4.55. The molecular weight excluding hydrogens is 469 g/mol. The third kappa shape index (κ3) is 4.43. The van der Waals surface area contributed by atoms with Crippen LogP contribution in [-0.2, 0) is 11.3 Å². The van der Waals surface area contributed by atoms with Crippen molar-refractivity contribution in [2.45, 2.75) is 32.9 Å². The summed E-state index contributed by atoms with van der Waals surface area (Å²) in [6.45, 7) is 9.52. The number of rotatable bonds is 4. The number of furan rings is 1. The molecule has 3 rings (SSSR count). The number of para-hydroxylation sites is 1. The number of halogens is 1. The van der Waals surface area contributed by atoms with E-state index in [9.17, 15) is 4.79 Å². The Kier molecular flexibility index (Phi) is 7.33. The predicted molar refractivity (Wildman–Crippen MR) is 123 cm³/mol. The van der Waals surface area contributed by atoms with Crippen LogP contribution >= 0.6 is 24.0 Å². The third-order valence-corrected chi connectivity index (χ3v) is 5.53. The van der Waals surface area contributed by atoms with Gasteiger partial charge in [-0.1, -0.05) is 18.2 Å². The van der Waals surface area contributed by atoms with Gasteiger partial charge in [0.1, 0.15) is 11.3 Å². The van der Waals surface area contributed by atoms with E-state index < -0.39 is 5.54 Å². The maximum absolute atomic E-state index is 11.7. The van der Waals surface area contributed by atoms with Crippen LogP contribution in [0.5, 0.6) is 0 Å². The van der Waals surface area contributed by atoms with E-state index in [2.05, 4.69) is 33.1 Å². The number of primary amides is 1. The highest BCUT2D eigenvalue weighted by molar-refractivity contribution is 14.0. The summed E-state index contributed by atoms with van der Waals surface area (Å²) in [5.74, 6) is 1.47. The lowest BCUT2D eigenvalue weighted by Gasteiger charge is -2.43. The van der Waals surface area contributed by atoms with Crippen molar-refractivity contribution >= 4 is 46.8 Å². The summed E-state index contributed by atoms with van der Waals surface area (Å²) >= 11 is 0. The van der Waals surface area contributed by atoms with Gasteiger partial charge < -0.3 is 20.4 Å². The second-order valence-corrected chi connectivity index (χ2v) is 7.44. The standard InChI is InChI=1S/C20H29N5O2.HI/c1-14-15-7-5-6-8-16(15)27-17(14)13-23-19(22-4)24-9-11-25(12-10-24)20(2,3)18(21)26;/h5-8H,9-13H2,1-4H3,(H2,21,26)(H,22,23);1H. The monoisotopic (exact) mass is 499 g/mol. The summed E-state index contributed by atoms with van der Waals surface area (Å²) in [7, 11) is 1.79. The van der Waals surface area contributed by atoms with E-state index in [-0.39, 0.29) is 29.9 Å². The molecule has 1 fully saturated rings. The number of nitrogens with two attached hydrogens (primary N) is 1. The number of amides is 1. The van der Waals surface area contributed by atoms with Gasteiger partial charge in [-0.25, -0.2) is 0 Å². The quantitative estimate of drug-likeness (QED) is 0.383. The number of nitrogens with one attached hydrogen (secondary N) is 1. The van der Waals surface area contributed by atoms with E-state index in [1.54, 1.807) is 7.05 Å². The van der Waals surface area contributed by atoms with Crippen LogP contribution in [0.25, 0.3) is 11.0 Å². The molecule has 7 nitrogen and oxygen atoms in total. The molecule has 3 N–H and O–H groups in total. The van der Waals surface area contributed by atoms with Crippen molar-refractivity contribution in [1.82, 2.24) is 15.1 Å². The molecule has 0 bridgehead atoms. The maximum atomic E-state index is 11.7. The summed E-state index contributed by atoms with van der Waals surface area (Å²) in [6, 6.07) is 8.06. The molecule has 1 amide bonds. The van der Waals surface area contributed by atoms with Crippen LogP contribution in [0.2, 0.25) is 0 Å². The molecule has 0 spiro atoms. The number of aliphatic imine (C=N–C) groups is 1. The van der Waals surface area contributed by atoms with Gasteiger partial charge >= 0.3 is 0 Å². The largest absolute Gasteiger partial charge is 0.459 e. The first-order chi connectivity index (χ1) is 12.8. The SMILES string of the molecule is CN=C(NCc1oc2ccccc2c1C)N1CCN(C(C)(C)C(N)=O)CC1.I. The van der Waals surface area contributed by atoms with Gasteiger partial charge in [-0.2, -0.15) is 0 Å². The Balaban J connectivity index is 0.00000280. The molecule has 154 valence electrons. The Labute approximate surface area is 183 Å². The topological polar surface area (TPSA) is 87.1 Å². The molecule has 0 saturated carbocycles. The van der Waals surface area contributed by atoms with Crippen LogP contribution in [0.4, 0.5) is 0 Å². The highest BCUT2D eigenvalue weighted by Gasteiger charge is 2.35. The fraction of sp³-hybridized carbons (Fsp3) is 0.500. The number of guanidine groups is 1. The third-order valence-electron chi connectivity index (χ3n) is 5.53. The molecule has 1 aromatic heterocycles. The van der Waals surface area contributed by atoms with Crippen molar-refractivity contribution in [2.75, 3.05) is 33.2 Å². The second kappa shape index (κ2) is 9.13. The minimum Gasteiger partial charge on any atom is -0.459 e. The van der Waals surface area contributed by atoms with Crippen LogP contribution < -0.4 is 11.1 Å². The van der Waals surface area contributed by atoms with Crippen molar-refractivity contribution < 1.29 is 9.21 Å². The van der Waals surface area contributed by atoms with Gasteiger partial charge in [-0.3, -0.25) is 14.7 Å². The minimum absolute atomic E-state index is 0. The van der Waals surface area contributed by atoms with E-state index in [1.165, 1.54) is 0 Å².